The van der Waals surface area contributed by atoms with E-state index in [0.717, 1.165) is 0 Å². The van der Waals surface area contributed by atoms with E-state index in [2.05, 4.69) is 25.3 Å². The van der Waals surface area contributed by atoms with Crippen LogP contribution in [-0.4, -0.2) is 5.91 Å². The zero-order valence-corrected chi connectivity index (χ0v) is 7.40. The molecule has 0 aliphatic rings. The minimum atomic E-state index is -0.481. The molecule has 0 radical (unpaired) electrons. The molecule has 1 aromatic rings. The Morgan fingerprint density at radius 1 is 1.36 bits per heavy atom. The van der Waals surface area contributed by atoms with Crippen LogP contribution in [0.1, 0.15) is 10.4 Å². The van der Waals surface area contributed by atoms with Crippen molar-refractivity contribution in [3.8, 4) is 0 Å². The minimum Gasteiger partial charge on any atom is -0.366 e. The Morgan fingerprint density at radius 2 is 2.00 bits per heavy atom. The number of hydrogen-bond acceptors (Lipinski definition) is 3. The number of thiol groups is 2. The van der Waals surface area contributed by atoms with E-state index in [1.165, 1.54) is 0 Å². The van der Waals surface area contributed by atoms with Gasteiger partial charge < -0.3 is 5.73 Å². The number of hydrogen-bond donors (Lipinski definition) is 3. The molecule has 0 unspecified atom stereocenters. The first-order valence-corrected chi connectivity index (χ1v) is 3.83. The van der Waals surface area contributed by atoms with Crippen LogP contribution in [0, 0.1) is 0 Å². The average molecular weight is 185 g/mol. The monoisotopic (exact) mass is 185 g/mol. The summed E-state index contributed by atoms with van der Waals surface area (Å²) in [5.41, 5.74) is 5.47. The number of primary amides is 1. The summed E-state index contributed by atoms with van der Waals surface area (Å²) in [4.78, 5) is 11.9. The highest BCUT2D eigenvalue weighted by Gasteiger charge is 2.05. The fourth-order valence-electron chi connectivity index (χ4n) is 0.730. The first-order valence-electron chi connectivity index (χ1n) is 2.93. The standard InChI is InChI=1S/C7H7NOS2/c8-7(9)4-2-1-3-5(10)6(4)11/h1-3,10-11H,(H2,8,9). The number of carbonyl (C=O) groups excluding carboxylic acids is 1. The van der Waals surface area contributed by atoms with Crippen LogP contribution in [-0.2, 0) is 0 Å². The molecule has 0 heterocycles. The predicted molar refractivity (Wildman–Crippen MR) is 49.5 cm³/mol. The zero-order valence-electron chi connectivity index (χ0n) is 5.61. The van der Waals surface area contributed by atoms with Gasteiger partial charge >= 0.3 is 0 Å². The quantitative estimate of drug-likeness (QED) is 0.568. The molecule has 0 saturated carbocycles. The maximum atomic E-state index is 10.7. The van der Waals surface area contributed by atoms with Gasteiger partial charge in [-0.3, -0.25) is 4.79 Å². The molecule has 1 rings (SSSR count). The van der Waals surface area contributed by atoms with Crippen molar-refractivity contribution >= 4 is 31.2 Å². The second-order valence-corrected chi connectivity index (χ2v) is 2.97. The number of rotatable bonds is 1. The lowest BCUT2D eigenvalue weighted by atomic mass is 10.2. The molecule has 58 valence electrons. The van der Waals surface area contributed by atoms with E-state index in [4.69, 9.17) is 5.73 Å². The Balaban J connectivity index is 3.27. The molecule has 11 heavy (non-hydrogen) atoms. The van der Waals surface area contributed by atoms with Crippen molar-refractivity contribution in [2.45, 2.75) is 9.79 Å². The third-order valence-corrected chi connectivity index (χ3v) is 2.31. The Labute approximate surface area is 75.6 Å². The van der Waals surface area contributed by atoms with Crippen LogP contribution in [0.5, 0.6) is 0 Å². The van der Waals surface area contributed by atoms with Gasteiger partial charge in [0, 0.05) is 9.79 Å². The molecule has 1 amide bonds. The van der Waals surface area contributed by atoms with Gasteiger partial charge in [-0.1, -0.05) is 6.07 Å². The van der Waals surface area contributed by atoms with Gasteiger partial charge in [-0.2, -0.15) is 0 Å². The number of benzene rings is 1. The first-order chi connectivity index (χ1) is 5.13. The fourth-order valence-corrected chi connectivity index (χ4v) is 1.20. The normalized spacial score (nSPS) is 9.64. The summed E-state index contributed by atoms with van der Waals surface area (Å²) in [6, 6.07) is 5.07. The molecule has 0 bridgehead atoms. The van der Waals surface area contributed by atoms with E-state index >= 15 is 0 Å². The summed E-state index contributed by atoms with van der Waals surface area (Å²) in [5, 5.41) is 0. The third kappa shape index (κ3) is 1.70. The Hall–Kier alpha value is -0.610. The van der Waals surface area contributed by atoms with Crippen molar-refractivity contribution < 1.29 is 4.79 Å². The van der Waals surface area contributed by atoms with Gasteiger partial charge in [-0.05, 0) is 12.1 Å². The number of amides is 1. The molecular formula is C7H7NOS2. The maximum absolute atomic E-state index is 10.7. The van der Waals surface area contributed by atoms with Gasteiger partial charge in [0.15, 0.2) is 0 Å². The largest absolute Gasteiger partial charge is 0.366 e. The zero-order chi connectivity index (χ0) is 8.43. The molecule has 0 aliphatic carbocycles. The molecule has 4 heteroatoms. The van der Waals surface area contributed by atoms with Crippen molar-refractivity contribution in [3.05, 3.63) is 23.8 Å². The van der Waals surface area contributed by atoms with E-state index < -0.39 is 5.91 Å². The van der Waals surface area contributed by atoms with Crippen LogP contribution >= 0.6 is 25.3 Å². The van der Waals surface area contributed by atoms with Gasteiger partial charge in [0.2, 0.25) is 5.91 Å². The molecule has 2 N–H and O–H groups in total. The summed E-state index contributed by atoms with van der Waals surface area (Å²) < 4.78 is 0. The van der Waals surface area contributed by atoms with E-state index in [1.807, 2.05) is 0 Å². The Bertz CT molecular complexity index is 298. The van der Waals surface area contributed by atoms with Crippen molar-refractivity contribution in [2.75, 3.05) is 0 Å². The van der Waals surface area contributed by atoms with Gasteiger partial charge in [-0.15, -0.1) is 25.3 Å². The predicted octanol–water partition coefficient (Wildman–Crippen LogP) is 1.36. The van der Waals surface area contributed by atoms with Crippen LogP contribution in [0.3, 0.4) is 0 Å². The summed E-state index contributed by atoms with van der Waals surface area (Å²) >= 11 is 8.15. The highest BCUT2D eigenvalue weighted by molar-refractivity contribution is 7.83. The smallest absolute Gasteiger partial charge is 0.249 e. The van der Waals surface area contributed by atoms with E-state index in [1.54, 1.807) is 18.2 Å². The maximum Gasteiger partial charge on any atom is 0.249 e. The Kier molecular flexibility index (Phi) is 2.46. The van der Waals surface area contributed by atoms with Crippen molar-refractivity contribution in [1.29, 1.82) is 0 Å². The summed E-state index contributed by atoms with van der Waals surface area (Å²) in [6.45, 7) is 0. The topological polar surface area (TPSA) is 43.1 Å². The molecule has 0 spiro atoms. The molecule has 0 fully saturated rings. The first kappa shape index (κ1) is 8.49. The number of carbonyl (C=O) groups is 1. The van der Waals surface area contributed by atoms with Crippen LogP contribution in [0.4, 0.5) is 0 Å². The highest BCUT2D eigenvalue weighted by Crippen LogP contribution is 2.21. The van der Waals surface area contributed by atoms with Gasteiger partial charge in [0.05, 0.1) is 5.56 Å². The van der Waals surface area contributed by atoms with Gasteiger partial charge in [0.25, 0.3) is 0 Å². The molecule has 1 aromatic carbocycles. The lowest BCUT2D eigenvalue weighted by Crippen LogP contribution is -2.11. The summed E-state index contributed by atoms with van der Waals surface area (Å²) in [5.74, 6) is -0.481. The SMILES string of the molecule is NC(=O)c1cccc(S)c1S. The molecule has 0 saturated heterocycles. The van der Waals surface area contributed by atoms with Gasteiger partial charge in [-0.25, -0.2) is 0 Å². The third-order valence-electron chi connectivity index (χ3n) is 1.28. The second-order valence-electron chi connectivity index (χ2n) is 2.04. The van der Waals surface area contributed by atoms with Crippen LogP contribution in [0.25, 0.3) is 0 Å². The molecule has 0 aliphatic heterocycles. The van der Waals surface area contributed by atoms with Gasteiger partial charge in [0.1, 0.15) is 0 Å². The minimum absolute atomic E-state index is 0.404. The van der Waals surface area contributed by atoms with E-state index in [9.17, 15) is 4.79 Å². The summed E-state index contributed by atoms with van der Waals surface area (Å²) in [7, 11) is 0. The molecule has 0 aromatic heterocycles. The Morgan fingerprint density at radius 3 is 2.45 bits per heavy atom. The highest BCUT2D eigenvalue weighted by atomic mass is 32.1. The lowest BCUT2D eigenvalue weighted by Gasteiger charge is -2.01. The summed E-state index contributed by atoms with van der Waals surface area (Å²) in [6.07, 6.45) is 0. The average Bonchev–Trinajstić information content (AvgIpc) is 1.94. The lowest BCUT2D eigenvalue weighted by molar-refractivity contribution is 0.0997. The number of nitrogens with two attached hydrogens (primary N) is 1. The fraction of sp³-hybridized carbons (Fsp3) is 0. The van der Waals surface area contributed by atoms with Crippen LogP contribution < -0.4 is 5.73 Å². The van der Waals surface area contributed by atoms with Crippen molar-refractivity contribution in [3.63, 3.8) is 0 Å². The van der Waals surface area contributed by atoms with Crippen LogP contribution in [0.2, 0.25) is 0 Å². The van der Waals surface area contributed by atoms with E-state index in [0.29, 0.717) is 15.4 Å². The molecule has 0 atom stereocenters. The van der Waals surface area contributed by atoms with Crippen molar-refractivity contribution in [2.24, 2.45) is 5.73 Å². The molecular weight excluding hydrogens is 178 g/mol. The molecule has 2 nitrogen and oxygen atoms in total. The van der Waals surface area contributed by atoms with Crippen LogP contribution in [0.15, 0.2) is 28.0 Å². The van der Waals surface area contributed by atoms with E-state index in [-0.39, 0.29) is 0 Å². The second kappa shape index (κ2) is 3.19. The van der Waals surface area contributed by atoms with Crippen molar-refractivity contribution in [1.82, 2.24) is 0 Å².